The molecule has 1 fully saturated rings. The number of nitrogens with one attached hydrogen (secondary N) is 1. The molecule has 1 unspecified atom stereocenters. The predicted octanol–water partition coefficient (Wildman–Crippen LogP) is 1.11. The lowest BCUT2D eigenvalue weighted by Crippen LogP contribution is -2.36. The molecule has 1 aliphatic heterocycles. The summed E-state index contributed by atoms with van der Waals surface area (Å²) in [5.41, 5.74) is 0. The van der Waals surface area contributed by atoms with Gasteiger partial charge >= 0.3 is 0 Å². The Hall–Kier alpha value is 0.210. The van der Waals surface area contributed by atoms with Crippen molar-refractivity contribution in [1.29, 1.82) is 0 Å². The Labute approximate surface area is 80.0 Å². The lowest BCUT2D eigenvalue weighted by atomic mass is 10.2. The SMILES string of the molecule is Cl.[2H]C([2H])([2H])NCC1CCCN1CC. The predicted molar refractivity (Wildman–Crippen MR) is 51.4 cm³/mol. The highest BCUT2D eigenvalue weighted by Gasteiger charge is 2.21. The van der Waals surface area contributed by atoms with Crippen LogP contribution < -0.4 is 5.32 Å². The van der Waals surface area contributed by atoms with Gasteiger partial charge in [0, 0.05) is 16.7 Å². The second-order valence-corrected chi connectivity index (χ2v) is 2.81. The largest absolute Gasteiger partial charge is 0.318 e. The Morgan fingerprint density at radius 1 is 1.73 bits per heavy atom. The lowest BCUT2D eigenvalue weighted by molar-refractivity contribution is 0.264. The van der Waals surface area contributed by atoms with Gasteiger partial charge in [0.1, 0.15) is 0 Å². The van der Waals surface area contributed by atoms with Crippen molar-refractivity contribution >= 4 is 12.4 Å². The average molecular weight is 182 g/mol. The molecule has 1 saturated heterocycles. The van der Waals surface area contributed by atoms with E-state index in [1.54, 1.807) is 0 Å². The van der Waals surface area contributed by atoms with E-state index < -0.39 is 6.98 Å². The minimum absolute atomic E-state index is 0. The number of nitrogens with zero attached hydrogens (tertiary/aromatic N) is 1. The monoisotopic (exact) mass is 181 g/mol. The van der Waals surface area contributed by atoms with E-state index in [-0.39, 0.29) is 12.4 Å². The van der Waals surface area contributed by atoms with Crippen LogP contribution in [0.2, 0.25) is 0 Å². The van der Waals surface area contributed by atoms with Gasteiger partial charge in [-0.15, -0.1) is 12.4 Å². The van der Waals surface area contributed by atoms with Crippen LogP contribution in [-0.2, 0) is 0 Å². The van der Waals surface area contributed by atoms with Crippen LogP contribution in [0, 0.1) is 0 Å². The zero-order valence-corrected chi connectivity index (χ0v) is 7.78. The second-order valence-electron chi connectivity index (χ2n) is 2.81. The van der Waals surface area contributed by atoms with Crippen molar-refractivity contribution in [3.8, 4) is 0 Å². The molecule has 0 radical (unpaired) electrons. The van der Waals surface area contributed by atoms with E-state index in [2.05, 4.69) is 17.1 Å². The Kier molecular flexibility index (Phi) is 3.54. The van der Waals surface area contributed by atoms with Crippen LogP contribution in [0.25, 0.3) is 0 Å². The summed E-state index contributed by atoms with van der Waals surface area (Å²) in [4.78, 5) is 2.33. The topological polar surface area (TPSA) is 15.3 Å². The molecule has 0 aromatic rings. The average Bonchev–Trinajstić information content (AvgIpc) is 2.46. The molecule has 3 heteroatoms. The maximum Gasteiger partial charge on any atom is 0.0391 e. The van der Waals surface area contributed by atoms with Gasteiger partial charge in [-0.2, -0.15) is 0 Å². The summed E-state index contributed by atoms with van der Waals surface area (Å²) in [6.07, 6.45) is 2.32. The molecule has 0 spiro atoms. The van der Waals surface area contributed by atoms with Gasteiger partial charge in [-0.05, 0) is 32.9 Å². The summed E-state index contributed by atoms with van der Waals surface area (Å²) in [5, 5.41) is 2.59. The molecular formula is C8H19ClN2. The quantitative estimate of drug-likeness (QED) is 0.702. The molecular weight excluding hydrogens is 160 g/mol. The van der Waals surface area contributed by atoms with Gasteiger partial charge in [0.15, 0.2) is 0 Å². The highest BCUT2D eigenvalue weighted by molar-refractivity contribution is 5.85. The van der Waals surface area contributed by atoms with E-state index in [0.29, 0.717) is 12.6 Å². The minimum Gasteiger partial charge on any atom is -0.318 e. The fourth-order valence-electron chi connectivity index (χ4n) is 1.66. The van der Waals surface area contributed by atoms with Gasteiger partial charge in [-0.25, -0.2) is 0 Å². The van der Waals surface area contributed by atoms with E-state index in [1.165, 1.54) is 6.42 Å². The molecule has 1 N–H and O–H groups in total. The number of hydrogen-bond acceptors (Lipinski definition) is 2. The summed E-state index contributed by atoms with van der Waals surface area (Å²) >= 11 is 0. The van der Waals surface area contributed by atoms with Gasteiger partial charge in [0.25, 0.3) is 0 Å². The van der Waals surface area contributed by atoms with E-state index in [4.69, 9.17) is 4.11 Å². The van der Waals surface area contributed by atoms with Crippen molar-refractivity contribution in [3.63, 3.8) is 0 Å². The summed E-state index contributed by atoms with van der Waals surface area (Å²) < 4.78 is 21.1. The van der Waals surface area contributed by atoms with Gasteiger partial charge < -0.3 is 5.32 Å². The van der Waals surface area contributed by atoms with Crippen molar-refractivity contribution in [1.82, 2.24) is 10.2 Å². The van der Waals surface area contributed by atoms with E-state index in [9.17, 15) is 0 Å². The number of likely N-dealkylation sites (tertiary alicyclic amines) is 1. The van der Waals surface area contributed by atoms with Crippen molar-refractivity contribution in [3.05, 3.63) is 0 Å². The third kappa shape index (κ3) is 2.97. The van der Waals surface area contributed by atoms with E-state index in [1.807, 2.05) is 0 Å². The third-order valence-electron chi connectivity index (χ3n) is 2.24. The maximum absolute atomic E-state index is 7.02. The van der Waals surface area contributed by atoms with Crippen molar-refractivity contribution in [2.75, 3.05) is 26.6 Å². The molecule has 1 heterocycles. The molecule has 1 aliphatic rings. The first-order valence-corrected chi connectivity index (χ1v) is 4.02. The van der Waals surface area contributed by atoms with Crippen LogP contribution in [0.1, 0.15) is 23.9 Å². The first kappa shape index (κ1) is 6.70. The first-order chi connectivity index (χ1) is 6.03. The minimum atomic E-state index is -1.98. The highest BCUT2D eigenvalue weighted by Crippen LogP contribution is 2.14. The summed E-state index contributed by atoms with van der Waals surface area (Å²) in [7, 11) is 0. The standard InChI is InChI=1S/C8H18N2.ClH/c1-3-10-6-4-5-8(10)7-9-2;/h8-9H,3-7H2,1-2H3;1H/i2D3;. The van der Waals surface area contributed by atoms with Crippen LogP contribution in [-0.4, -0.2) is 37.6 Å². The van der Waals surface area contributed by atoms with Crippen molar-refractivity contribution in [2.24, 2.45) is 0 Å². The maximum atomic E-state index is 7.02. The molecule has 0 aromatic heterocycles. The van der Waals surface area contributed by atoms with Crippen molar-refractivity contribution < 1.29 is 4.11 Å². The van der Waals surface area contributed by atoms with Crippen molar-refractivity contribution in [2.45, 2.75) is 25.8 Å². The van der Waals surface area contributed by atoms with Crippen LogP contribution in [0.3, 0.4) is 0 Å². The van der Waals surface area contributed by atoms with Crippen LogP contribution >= 0.6 is 12.4 Å². The zero-order valence-electron chi connectivity index (χ0n) is 9.97. The van der Waals surface area contributed by atoms with E-state index in [0.717, 1.165) is 19.5 Å². The molecule has 2 nitrogen and oxygen atoms in total. The summed E-state index contributed by atoms with van der Waals surface area (Å²) in [6, 6.07) is 0.422. The van der Waals surface area contributed by atoms with Gasteiger partial charge in [-0.3, -0.25) is 4.90 Å². The normalized spacial score (nSPS) is 30.3. The Balaban J connectivity index is 0.00000169. The summed E-state index contributed by atoms with van der Waals surface area (Å²) in [5.74, 6) is 0. The van der Waals surface area contributed by atoms with Crippen LogP contribution in [0.4, 0.5) is 0 Å². The molecule has 0 aliphatic carbocycles. The molecule has 1 atom stereocenters. The molecule has 68 valence electrons. The van der Waals surface area contributed by atoms with Gasteiger partial charge in [0.05, 0.1) is 0 Å². The second kappa shape index (κ2) is 5.81. The Morgan fingerprint density at radius 3 is 3.18 bits per heavy atom. The fraction of sp³-hybridized carbons (Fsp3) is 1.00. The first-order valence-electron chi connectivity index (χ1n) is 5.52. The molecule has 0 amide bonds. The number of likely N-dealkylation sites (N-methyl/N-ethyl adjacent to an activating group) is 2. The van der Waals surface area contributed by atoms with Gasteiger partial charge in [-0.1, -0.05) is 6.92 Å². The highest BCUT2D eigenvalue weighted by atomic mass is 35.5. The van der Waals surface area contributed by atoms with Gasteiger partial charge in [0.2, 0.25) is 0 Å². The molecule has 0 bridgehead atoms. The van der Waals surface area contributed by atoms with E-state index >= 15 is 0 Å². The summed E-state index contributed by atoms with van der Waals surface area (Å²) in [6.45, 7) is 2.86. The Morgan fingerprint density at radius 2 is 2.55 bits per heavy atom. The Bertz CT molecular complexity index is 163. The molecule has 0 saturated carbocycles. The third-order valence-corrected chi connectivity index (χ3v) is 2.24. The molecule has 1 rings (SSSR count). The number of halogens is 1. The van der Waals surface area contributed by atoms with Crippen LogP contribution in [0.5, 0.6) is 0 Å². The van der Waals surface area contributed by atoms with Crippen LogP contribution in [0.15, 0.2) is 0 Å². The number of hydrogen-bond donors (Lipinski definition) is 1. The molecule has 0 aromatic carbocycles. The fourth-order valence-corrected chi connectivity index (χ4v) is 1.66. The smallest absolute Gasteiger partial charge is 0.0391 e. The lowest BCUT2D eigenvalue weighted by Gasteiger charge is -2.21. The number of rotatable bonds is 3. The molecule has 11 heavy (non-hydrogen) atoms. The zero-order chi connectivity index (χ0) is 9.90.